The minimum Gasteiger partial charge on any atom is -0.397 e. The summed E-state index contributed by atoms with van der Waals surface area (Å²) in [5.74, 6) is 0.527. The first-order valence-corrected chi connectivity index (χ1v) is 8.19. The Hall–Kier alpha value is -0.550. The lowest BCUT2D eigenvalue weighted by Gasteiger charge is -2.22. The predicted octanol–water partition coefficient (Wildman–Crippen LogP) is 4.10. The molecule has 1 fully saturated rings. The van der Waals surface area contributed by atoms with Crippen molar-refractivity contribution in [3.8, 4) is 0 Å². The molecule has 0 heterocycles. The molecule has 0 aromatic heterocycles. The lowest BCUT2D eigenvalue weighted by molar-refractivity contribution is 0.0944. The second-order valence-corrected chi connectivity index (χ2v) is 6.83. The van der Waals surface area contributed by atoms with E-state index in [0.717, 1.165) is 15.5 Å². The number of nitrogens with two attached hydrogens (primary N) is 1. The summed E-state index contributed by atoms with van der Waals surface area (Å²) in [5, 5.41) is 3.00. The molecule has 1 aromatic rings. The molecule has 0 atom stereocenters. The van der Waals surface area contributed by atoms with Gasteiger partial charge in [-0.2, -0.15) is 0 Å². The van der Waals surface area contributed by atoms with Crippen LogP contribution in [0, 0.1) is 5.92 Å². The van der Waals surface area contributed by atoms with Gasteiger partial charge < -0.3 is 11.1 Å². The molecule has 0 saturated heterocycles. The fraction of sp³-hybridized carbons (Fsp3) is 0.500. The summed E-state index contributed by atoms with van der Waals surface area (Å²) in [5.41, 5.74) is 6.95. The first kappa shape index (κ1) is 14.9. The fourth-order valence-corrected chi connectivity index (χ4v) is 3.72. The predicted molar refractivity (Wildman–Crippen MR) is 85.2 cm³/mol. The van der Waals surface area contributed by atoms with Gasteiger partial charge in [-0.15, -0.1) is 0 Å². The zero-order chi connectivity index (χ0) is 13.8. The molecule has 0 aliphatic heterocycles. The van der Waals surface area contributed by atoms with E-state index in [1.165, 1.54) is 32.1 Å². The Morgan fingerprint density at radius 1 is 1.26 bits per heavy atom. The van der Waals surface area contributed by atoms with Crippen LogP contribution < -0.4 is 11.1 Å². The molecular formula is C14H18Br2N2O. The fourth-order valence-electron chi connectivity index (χ4n) is 2.50. The van der Waals surface area contributed by atoms with Gasteiger partial charge in [-0.1, -0.05) is 35.2 Å². The molecule has 1 aromatic carbocycles. The second kappa shape index (κ2) is 6.75. The SMILES string of the molecule is Nc1c(Br)cc(Br)cc1C(=O)NCC1CCCCC1. The van der Waals surface area contributed by atoms with E-state index in [9.17, 15) is 4.79 Å². The summed E-state index contributed by atoms with van der Waals surface area (Å²) in [4.78, 5) is 12.2. The van der Waals surface area contributed by atoms with Gasteiger partial charge in [-0.25, -0.2) is 0 Å². The molecule has 1 aliphatic rings. The quantitative estimate of drug-likeness (QED) is 0.764. The molecule has 2 rings (SSSR count). The van der Waals surface area contributed by atoms with E-state index in [1.54, 1.807) is 6.07 Å². The number of rotatable bonds is 3. The smallest absolute Gasteiger partial charge is 0.253 e. The van der Waals surface area contributed by atoms with Gasteiger partial charge in [0.1, 0.15) is 0 Å². The van der Waals surface area contributed by atoms with Crippen molar-refractivity contribution in [2.75, 3.05) is 12.3 Å². The van der Waals surface area contributed by atoms with Gasteiger partial charge in [0.05, 0.1) is 11.3 Å². The van der Waals surface area contributed by atoms with Gasteiger partial charge in [-0.3, -0.25) is 4.79 Å². The van der Waals surface area contributed by atoms with Crippen molar-refractivity contribution in [1.82, 2.24) is 5.32 Å². The Labute approximate surface area is 130 Å². The van der Waals surface area contributed by atoms with Gasteiger partial charge in [0, 0.05) is 15.5 Å². The maximum absolute atomic E-state index is 12.2. The molecule has 3 nitrogen and oxygen atoms in total. The number of amides is 1. The monoisotopic (exact) mass is 388 g/mol. The highest BCUT2D eigenvalue weighted by molar-refractivity contribution is 9.11. The van der Waals surface area contributed by atoms with Crippen molar-refractivity contribution in [2.45, 2.75) is 32.1 Å². The van der Waals surface area contributed by atoms with Gasteiger partial charge in [-0.05, 0) is 46.8 Å². The Morgan fingerprint density at radius 2 is 1.95 bits per heavy atom. The molecule has 104 valence electrons. The summed E-state index contributed by atoms with van der Waals surface area (Å²) in [7, 11) is 0. The van der Waals surface area contributed by atoms with E-state index >= 15 is 0 Å². The number of benzene rings is 1. The summed E-state index contributed by atoms with van der Waals surface area (Å²) < 4.78 is 1.58. The number of anilines is 1. The molecule has 0 unspecified atom stereocenters. The third-order valence-corrected chi connectivity index (χ3v) is 4.73. The first-order valence-electron chi connectivity index (χ1n) is 6.60. The molecule has 3 N–H and O–H groups in total. The summed E-state index contributed by atoms with van der Waals surface area (Å²) in [6.45, 7) is 0.752. The van der Waals surface area contributed by atoms with Gasteiger partial charge in [0.15, 0.2) is 0 Å². The minimum atomic E-state index is -0.0925. The van der Waals surface area contributed by atoms with E-state index in [-0.39, 0.29) is 5.91 Å². The lowest BCUT2D eigenvalue weighted by Crippen LogP contribution is -2.30. The average molecular weight is 390 g/mol. The van der Waals surface area contributed by atoms with Crippen molar-refractivity contribution in [1.29, 1.82) is 0 Å². The molecule has 19 heavy (non-hydrogen) atoms. The first-order chi connectivity index (χ1) is 9.08. The molecular weight excluding hydrogens is 372 g/mol. The maximum atomic E-state index is 12.2. The van der Waals surface area contributed by atoms with Crippen LogP contribution in [-0.2, 0) is 0 Å². The highest BCUT2D eigenvalue weighted by Crippen LogP contribution is 2.28. The van der Waals surface area contributed by atoms with Gasteiger partial charge in [0.25, 0.3) is 5.91 Å². The van der Waals surface area contributed by atoms with Crippen LogP contribution in [0.1, 0.15) is 42.5 Å². The number of halogens is 2. The van der Waals surface area contributed by atoms with Crippen LogP contribution in [0.5, 0.6) is 0 Å². The van der Waals surface area contributed by atoms with Crippen LogP contribution in [0.4, 0.5) is 5.69 Å². The zero-order valence-corrected chi connectivity index (χ0v) is 13.9. The molecule has 0 bridgehead atoms. The largest absolute Gasteiger partial charge is 0.397 e. The van der Waals surface area contributed by atoms with Crippen LogP contribution in [0.15, 0.2) is 21.1 Å². The van der Waals surface area contributed by atoms with Crippen LogP contribution in [0.2, 0.25) is 0 Å². The van der Waals surface area contributed by atoms with Crippen LogP contribution in [0.3, 0.4) is 0 Å². The van der Waals surface area contributed by atoms with Crippen molar-refractivity contribution >= 4 is 43.5 Å². The van der Waals surface area contributed by atoms with E-state index in [2.05, 4.69) is 37.2 Å². The normalized spacial score (nSPS) is 16.3. The molecule has 0 spiro atoms. The molecule has 1 amide bonds. The van der Waals surface area contributed by atoms with Crippen LogP contribution in [-0.4, -0.2) is 12.5 Å². The number of nitrogens with one attached hydrogen (secondary N) is 1. The molecule has 1 saturated carbocycles. The van der Waals surface area contributed by atoms with Crippen molar-refractivity contribution < 1.29 is 4.79 Å². The van der Waals surface area contributed by atoms with Crippen LogP contribution >= 0.6 is 31.9 Å². The van der Waals surface area contributed by atoms with Crippen LogP contribution in [0.25, 0.3) is 0 Å². The van der Waals surface area contributed by atoms with E-state index in [0.29, 0.717) is 17.2 Å². The number of hydrogen-bond acceptors (Lipinski definition) is 2. The number of hydrogen-bond donors (Lipinski definition) is 2. The number of carbonyl (C=O) groups excluding carboxylic acids is 1. The maximum Gasteiger partial charge on any atom is 0.253 e. The molecule has 1 aliphatic carbocycles. The third kappa shape index (κ3) is 3.96. The standard InChI is InChI=1S/C14H18Br2N2O/c15-10-6-11(13(17)12(16)7-10)14(19)18-8-9-4-2-1-3-5-9/h6-7,9H,1-5,8,17H2,(H,18,19). The Morgan fingerprint density at radius 3 is 2.63 bits per heavy atom. The highest BCUT2D eigenvalue weighted by Gasteiger charge is 2.17. The Kier molecular flexibility index (Phi) is 5.28. The van der Waals surface area contributed by atoms with Crippen molar-refractivity contribution in [3.63, 3.8) is 0 Å². The number of nitrogen functional groups attached to an aromatic ring is 1. The Balaban J connectivity index is 1.99. The summed E-state index contributed by atoms with van der Waals surface area (Å²) in [6.07, 6.45) is 6.34. The Bertz CT molecular complexity index is 471. The number of carbonyl (C=O) groups is 1. The van der Waals surface area contributed by atoms with Gasteiger partial charge in [0.2, 0.25) is 0 Å². The average Bonchev–Trinajstić information content (AvgIpc) is 2.41. The molecule has 0 radical (unpaired) electrons. The van der Waals surface area contributed by atoms with Crippen molar-refractivity contribution in [2.24, 2.45) is 5.92 Å². The summed E-state index contributed by atoms with van der Waals surface area (Å²) in [6, 6.07) is 3.60. The lowest BCUT2D eigenvalue weighted by atomic mass is 9.89. The third-order valence-electron chi connectivity index (χ3n) is 3.61. The summed E-state index contributed by atoms with van der Waals surface area (Å²) >= 11 is 6.74. The van der Waals surface area contributed by atoms with Crippen molar-refractivity contribution in [3.05, 3.63) is 26.6 Å². The molecule has 5 heteroatoms. The second-order valence-electron chi connectivity index (χ2n) is 5.06. The van der Waals surface area contributed by atoms with Gasteiger partial charge >= 0.3 is 0 Å². The van der Waals surface area contributed by atoms with E-state index < -0.39 is 0 Å². The van der Waals surface area contributed by atoms with E-state index in [1.807, 2.05) is 6.07 Å². The van der Waals surface area contributed by atoms with E-state index in [4.69, 9.17) is 5.73 Å². The zero-order valence-electron chi connectivity index (χ0n) is 10.7. The minimum absolute atomic E-state index is 0.0925. The topological polar surface area (TPSA) is 55.1 Å². The highest BCUT2D eigenvalue weighted by atomic mass is 79.9.